The summed E-state index contributed by atoms with van der Waals surface area (Å²) in [6.07, 6.45) is 1.65. The maximum atomic E-state index is 12.4. The minimum Gasteiger partial charge on any atom is -0.493 e. The lowest BCUT2D eigenvalue weighted by molar-refractivity contribution is 0.0729. The van der Waals surface area contributed by atoms with E-state index in [-0.39, 0.29) is 0 Å². The summed E-state index contributed by atoms with van der Waals surface area (Å²) in [4.78, 5) is 16.8. The smallest absolute Gasteiger partial charge is 0.343 e. The summed E-state index contributed by atoms with van der Waals surface area (Å²) in [7, 11) is 1.53. The van der Waals surface area contributed by atoms with Crippen LogP contribution >= 0.6 is 11.3 Å². The number of hydrazone groups is 1. The molecule has 1 heterocycles. The molecule has 0 spiro atoms. The predicted octanol–water partition coefficient (Wildman–Crippen LogP) is 5.28. The highest BCUT2D eigenvalue weighted by Crippen LogP contribution is 2.29. The Labute approximate surface area is 177 Å². The number of ether oxygens (including phenoxy) is 2. The monoisotopic (exact) mass is 417 g/mol. The number of para-hydroxylation sites is 1. The quantitative estimate of drug-likeness (QED) is 0.200. The van der Waals surface area contributed by atoms with Gasteiger partial charge in [-0.2, -0.15) is 5.10 Å². The molecule has 7 heteroatoms. The Bertz CT molecular complexity index is 1180. The van der Waals surface area contributed by atoms with Gasteiger partial charge in [-0.05, 0) is 55.0 Å². The third kappa shape index (κ3) is 4.47. The molecule has 1 N–H and O–H groups in total. The normalized spacial score (nSPS) is 11.0. The molecule has 0 aliphatic carbocycles. The fourth-order valence-corrected chi connectivity index (χ4v) is 3.59. The molecule has 0 unspecified atom stereocenters. The largest absolute Gasteiger partial charge is 0.493 e. The van der Waals surface area contributed by atoms with Gasteiger partial charge < -0.3 is 9.47 Å². The van der Waals surface area contributed by atoms with Crippen molar-refractivity contribution in [1.82, 2.24) is 4.98 Å². The number of carbonyl (C=O) groups excluding carboxylic acids is 1. The molecule has 0 atom stereocenters. The van der Waals surface area contributed by atoms with E-state index in [2.05, 4.69) is 15.5 Å². The average Bonchev–Trinajstić information content (AvgIpc) is 3.18. The van der Waals surface area contributed by atoms with Gasteiger partial charge in [0.15, 0.2) is 11.5 Å². The highest BCUT2D eigenvalue weighted by molar-refractivity contribution is 7.22. The van der Waals surface area contributed by atoms with Crippen LogP contribution in [0.15, 0.2) is 71.8 Å². The van der Waals surface area contributed by atoms with Crippen molar-refractivity contribution in [3.05, 3.63) is 83.4 Å². The van der Waals surface area contributed by atoms with E-state index >= 15 is 0 Å². The maximum Gasteiger partial charge on any atom is 0.343 e. The van der Waals surface area contributed by atoms with Gasteiger partial charge in [0.05, 0.1) is 29.1 Å². The zero-order valence-electron chi connectivity index (χ0n) is 16.5. The first-order chi connectivity index (χ1) is 14.6. The van der Waals surface area contributed by atoms with Crippen molar-refractivity contribution in [3.63, 3.8) is 0 Å². The Morgan fingerprint density at radius 1 is 1.07 bits per heavy atom. The number of nitrogens with zero attached hydrogens (tertiary/aromatic N) is 2. The predicted molar refractivity (Wildman–Crippen MR) is 120 cm³/mol. The zero-order valence-corrected chi connectivity index (χ0v) is 17.3. The van der Waals surface area contributed by atoms with Crippen LogP contribution in [0.4, 0.5) is 5.13 Å². The van der Waals surface area contributed by atoms with Gasteiger partial charge in [-0.3, -0.25) is 5.43 Å². The van der Waals surface area contributed by atoms with Crippen LogP contribution in [0.2, 0.25) is 0 Å². The Hall–Kier alpha value is -3.71. The summed E-state index contributed by atoms with van der Waals surface area (Å²) in [5.74, 6) is 0.353. The molecule has 0 aliphatic rings. The lowest BCUT2D eigenvalue weighted by Crippen LogP contribution is -2.09. The lowest BCUT2D eigenvalue weighted by atomic mass is 10.1. The van der Waals surface area contributed by atoms with E-state index in [0.29, 0.717) is 22.2 Å². The number of methoxy groups -OCH3 is 1. The third-order valence-electron chi connectivity index (χ3n) is 4.35. The van der Waals surface area contributed by atoms with Crippen LogP contribution in [0.25, 0.3) is 10.2 Å². The highest BCUT2D eigenvalue weighted by Gasteiger charge is 2.12. The summed E-state index contributed by atoms with van der Waals surface area (Å²) in [6.45, 7) is 1.96. The number of aryl methyl sites for hydroxylation is 1. The Morgan fingerprint density at radius 3 is 2.63 bits per heavy atom. The number of aromatic nitrogens is 1. The number of rotatable bonds is 6. The summed E-state index contributed by atoms with van der Waals surface area (Å²) in [6, 6.07) is 20.3. The van der Waals surface area contributed by atoms with Crippen molar-refractivity contribution in [2.24, 2.45) is 5.10 Å². The molecule has 4 aromatic rings. The topological polar surface area (TPSA) is 72.8 Å². The van der Waals surface area contributed by atoms with Gasteiger partial charge >= 0.3 is 5.97 Å². The van der Waals surface area contributed by atoms with Crippen LogP contribution in [-0.2, 0) is 0 Å². The van der Waals surface area contributed by atoms with Gasteiger partial charge in [0.2, 0.25) is 5.13 Å². The zero-order chi connectivity index (χ0) is 20.9. The number of thiazole rings is 1. The number of esters is 1. The highest BCUT2D eigenvalue weighted by atomic mass is 32.1. The van der Waals surface area contributed by atoms with Crippen LogP contribution < -0.4 is 14.9 Å². The van der Waals surface area contributed by atoms with Crippen molar-refractivity contribution >= 4 is 38.9 Å². The Balaban J connectivity index is 1.45. The van der Waals surface area contributed by atoms with Crippen molar-refractivity contribution in [1.29, 1.82) is 0 Å². The third-order valence-corrected chi connectivity index (χ3v) is 5.29. The SMILES string of the molecule is COc1cc(/C=N/Nc2nc3ccccc3s2)ccc1OC(=O)c1ccc(C)cc1. The number of benzene rings is 3. The second-order valence-electron chi connectivity index (χ2n) is 6.52. The van der Waals surface area contributed by atoms with Crippen molar-refractivity contribution in [2.45, 2.75) is 6.92 Å². The molecule has 30 heavy (non-hydrogen) atoms. The fraction of sp³-hybridized carbons (Fsp3) is 0.0870. The van der Waals surface area contributed by atoms with E-state index < -0.39 is 5.97 Å². The molecule has 0 saturated carbocycles. The molecule has 0 amide bonds. The molecular formula is C23H19N3O3S. The molecule has 4 rings (SSSR count). The minimum atomic E-state index is -0.438. The van der Waals surface area contributed by atoms with Crippen molar-refractivity contribution in [2.75, 3.05) is 12.5 Å². The van der Waals surface area contributed by atoms with Crippen LogP contribution in [0.1, 0.15) is 21.5 Å². The van der Waals surface area contributed by atoms with E-state index in [4.69, 9.17) is 9.47 Å². The fourth-order valence-electron chi connectivity index (χ4n) is 2.78. The number of nitrogens with one attached hydrogen (secondary N) is 1. The molecule has 0 fully saturated rings. The van der Waals surface area contributed by atoms with Gasteiger partial charge in [0.25, 0.3) is 0 Å². The second-order valence-corrected chi connectivity index (χ2v) is 7.55. The minimum absolute atomic E-state index is 0.347. The van der Waals surface area contributed by atoms with E-state index in [1.807, 2.05) is 43.3 Å². The van der Waals surface area contributed by atoms with Crippen LogP contribution in [0.5, 0.6) is 11.5 Å². The maximum absolute atomic E-state index is 12.4. The van der Waals surface area contributed by atoms with Gasteiger partial charge in [-0.1, -0.05) is 41.2 Å². The second kappa shape index (κ2) is 8.75. The molecule has 0 radical (unpaired) electrons. The summed E-state index contributed by atoms with van der Waals surface area (Å²) in [5, 5.41) is 4.95. The number of anilines is 1. The number of carbonyl (C=O) groups is 1. The summed E-state index contributed by atoms with van der Waals surface area (Å²) in [5.41, 5.74) is 6.22. The van der Waals surface area contributed by atoms with E-state index in [1.54, 1.807) is 36.5 Å². The molecular weight excluding hydrogens is 398 g/mol. The number of hydrogen-bond donors (Lipinski definition) is 1. The number of hydrogen-bond acceptors (Lipinski definition) is 7. The van der Waals surface area contributed by atoms with Gasteiger partial charge in [0.1, 0.15) is 0 Å². The Kier molecular flexibility index (Phi) is 5.72. The van der Waals surface area contributed by atoms with Gasteiger partial charge in [0, 0.05) is 0 Å². The van der Waals surface area contributed by atoms with E-state index in [0.717, 1.165) is 21.3 Å². The summed E-state index contributed by atoms with van der Waals surface area (Å²) < 4.78 is 12.0. The van der Waals surface area contributed by atoms with E-state index in [9.17, 15) is 4.79 Å². The molecule has 1 aromatic heterocycles. The van der Waals surface area contributed by atoms with Gasteiger partial charge in [-0.25, -0.2) is 9.78 Å². The molecule has 0 aliphatic heterocycles. The first-order valence-electron chi connectivity index (χ1n) is 9.24. The van der Waals surface area contributed by atoms with Crippen molar-refractivity contribution in [3.8, 4) is 11.5 Å². The molecule has 3 aromatic carbocycles. The Morgan fingerprint density at radius 2 is 1.87 bits per heavy atom. The van der Waals surface area contributed by atoms with Crippen LogP contribution in [-0.4, -0.2) is 24.3 Å². The van der Waals surface area contributed by atoms with E-state index in [1.165, 1.54) is 18.4 Å². The standard InChI is InChI=1S/C23H19N3O3S/c1-15-7-10-17(11-8-15)22(27)29-19-12-9-16(13-20(19)28-2)14-24-26-23-25-18-5-3-4-6-21(18)30-23/h3-14H,1-2H3,(H,25,26)/b24-14+. The van der Waals surface area contributed by atoms with Gasteiger partial charge in [-0.15, -0.1) is 0 Å². The molecule has 0 saturated heterocycles. The first kappa shape index (κ1) is 19.6. The molecule has 0 bridgehead atoms. The van der Waals surface area contributed by atoms with Crippen LogP contribution in [0, 0.1) is 6.92 Å². The van der Waals surface area contributed by atoms with Crippen LogP contribution in [0.3, 0.4) is 0 Å². The lowest BCUT2D eigenvalue weighted by Gasteiger charge is -2.10. The molecule has 6 nitrogen and oxygen atoms in total. The average molecular weight is 417 g/mol. The first-order valence-corrected chi connectivity index (χ1v) is 10.1. The summed E-state index contributed by atoms with van der Waals surface area (Å²) >= 11 is 1.53. The van der Waals surface area contributed by atoms with Crippen molar-refractivity contribution < 1.29 is 14.3 Å². The molecule has 150 valence electrons. The number of fused-ring (bicyclic) bond motifs is 1.